The second kappa shape index (κ2) is 5.04. The van der Waals surface area contributed by atoms with E-state index in [-0.39, 0.29) is 0 Å². The Balaban J connectivity index is 3.55. The molecule has 1 aromatic heterocycles. The van der Waals surface area contributed by atoms with Crippen molar-refractivity contribution in [3.63, 3.8) is 0 Å². The third kappa shape index (κ3) is 4.13. The van der Waals surface area contributed by atoms with Crippen LogP contribution in [0.2, 0.25) is 0 Å². The van der Waals surface area contributed by atoms with Crippen molar-refractivity contribution in [2.45, 2.75) is 11.4 Å². The standard InChI is InChI=1S/C6H3F3IN3O5S/c7-6(8,9)18-5-4(13(14)15)2(10)1-3(12-5)19(11,16)17/h1H,(H2,11,16,17). The summed E-state index contributed by atoms with van der Waals surface area (Å²) in [6.45, 7) is 0. The second-order valence-electron chi connectivity index (χ2n) is 2.95. The predicted octanol–water partition coefficient (Wildman–Crippen LogP) is 1.14. The van der Waals surface area contributed by atoms with Crippen molar-refractivity contribution < 1.29 is 31.2 Å². The van der Waals surface area contributed by atoms with E-state index in [1.807, 2.05) is 0 Å². The van der Waals surface area contributed by atoms with Gasteiger partial charge in [-0.3, -0.25) is 10.1 Å². The molecule has 0 aliphatic rings. The van der Waals surface area contributed by atoms with E-state index in [9.17, 15) is 31.7 Å². The fraction of sp³-hybridized carbons (Fsp3) is 0.167. The minimum Gasteiger partial charge on any atom is -0.381 e. The van der Waals surface area contributed by atoms with Gasteiger partial charge in [0.1, 0.15) is 0 Å². The number of hydrogen-bond donors (Lipinski definition) is 1. The lowest BCUT2D eigenvalue weighted by Crippen LogP contribution is -2.21. The highest BCUT2D eigenvalue weighted by molar-refractivity contribution is 14.1. The predicted molar refractivity (Wildman–Crippen MR) is 61.7 cm³/mol. The molecule has 0 saturated carbocycles. The first-order chi connectivity index (χ1) is 8.42. The van der Waals surface area contributed by atoms with E-state index in [1.54, 1.807) is 0 Å². The van der Waals surface area contributed by atoms with Crippen LogP contribution in [0.4, 0.5) is 18.9 Å². The zero-order valence-corrected chi connectivity index (χ0v) is 11.5. The molecule has 0 aromatic carbocycles. The zero-order valence-electron chi connectivity index (χ0n) is 8.51. The van der Waals surface area contributed by atoms with E-state index < -0.39 is 41.5 Å². The Morgan fingerprint density at radius 1 is 1.47 bits per heavy atom. The first-order valence-electron chi connectivity index (χ1n) is 4.05. The summed E-state index contributed by atoms with van der Waals surface area (Å²) in [5.74, 6) is -1.49. The molecule has 0 bridgehead atoms. The molecule has 0 amide bonds. The van der Waals surface area contributed by atoms with Crippen LogP contribution < -0.4 is 9.88 Å². The molecule has 1 heterocycles. The van der Waals surface area contributed by atoms with Crippen LogP contribution in [0.5, 0.6) is 5.88 Å². The maximum atomic E-state index is 12.1. The van der Waals surface area contributed by atoms with E-state index in [4.69, 9.17) is 0 Å². The molecule has 1 aromatic rings. The maximum absolute atomic E-state index is 12.1. The second-order valence-corrected chi connectivity index (χ2v) is 5.62. The number of halogens is 4. The summed E-state index contributed by atoms with van der Waals surface area (Å²) in [6, 6.07) is 0.664. The number of sulfonamides is 1. The van der Waals surface area contributed by atoms with Gasteiger partial charge in [0.2, 0.25) is 0 Å². The number of primary sulfonamides is 1. The lowest BCUT2D eigenvalue weighted by molar-refractivity contribution is -0.390. The first kappa shape index (κ1) is 15.8. The number of rotatable bonds is 3. The van der Waals surface area contributed by atoms with Crippen molar-refractivity contribution >= 4 is 38.3 Å². The van der Waals surface area contributed by atoms with Crippen molar-refractivity contribution in [2.75, 3.05) is 0 Å². The van der Waals surface area contributed by atoms with E-state index in [2.05, 4.69) is 14.9 Å². The molecule has 0 aliphatic heterocycles. The molecular weight excluding hydrogens is 410 g/mol. The Labute approximate surface area is 117 Å². The third-order valence-corrected chi connectivity index (χ3v) is 3.19. The Kier molecular flexibility index (Phi) is 4.20. The van der Waals surface area contributed by atoms with Crippen LogP contribution in [0.3, 0.4) is 0 Å². The van der Waals surface area contributed by atoms with E-state index in [0.717, 1.165) is 0 Å². The summed E-state index contributed by atoms with van der Waals surface area (Å²) < 4.78 is 61.1. The molecule has 0 atom stereocenters. The number of pyridine rings is 1. The van der Waals surface area contributed by atoms with Gasteiger partial charge in [0.15, 0.2) is 5.03 Å². The Morgan fingerprint density at radius 3 is 2.37 bits per heavy atom. The minimum atomic E-state index is -5.27. The number of aromatic nitrogens is 1. The molecule has 13 heteroatoms. The van der Waals surface area contributed by atoms with Gasteiger partial charge >= 0.3 is 17.9 Å². The molecule has 1 rings (SSSR count). The first-order valence-corrected chi connectivity index (χ1v) is 6.68. The van der Waals surface area contributed by atoms with Crippen molar-refractivity contribution in [1.29, 1.82) is 0 Å². The van der Waals surface area contributed by atoms with Gasteiger partial charge in [-0.1, -0.05) is 0 Å². The van der Waals surface area contributed by atoms with Crippen LogP contribution in [-0.4, -0.2) is 24.7 Å². The number of hydrogen-bond acceptors (Lipinski definition) is 6. The number of nitro groups is 1. The molecule has 0 unspecified atom stereocenters. The fourth-order valence-corrected chi connectivity index (χ4v) is 2.38. The summed E-state index contributed by atoms with van der Waals surface area (Å²) in [7, 11) is -4.43. The summed E-state index contributed by atoms with van der Waals surface area (Å²) in [4.78, 5) is 12.4. The number of nitrogens with zero attached hydrogens (tertiary/aromatic N) is 2. The van der Waals surface area contributed by atoms with Gasteiger partial charge in [-0.2, -0.15) is 4.98 Å². The van der Waals surface area contributed by atoms with Gasteiger partial charge in [-0.05, 0) is 28.7 Å². The van der Waals surface area contributed by atoms with E-state index in [1.165, 1.54) is 22.6 Å². The molecule has 0 fully saturated rings. The van der Waals surface area contributed by atoms with Crippen LogP contribution in [-0.2, 0) is 10.0 Å². The molecule has 0 saturated heterocycles. The van der Waals surface area contributed by atoms with E-state index in [0.29, 0.717) is 6.07 Å². The average molecular weight is 413 g/mol. The van der Waals surface area contributed by atoms with Crippen LogP contribution in [0.15, 0.2) is 11.1 Å². The molecule has 2 N–H and O–H groups in total. The molecule has 0 spiro atoms. The molecule has 0 aliphatic carbocycles. The van der Waals surface area contributed by atoms with Crippen LogP contribution >= 0.6 is 22.6 Å². The topological polar surface area (TPSA) is 125 Å². The maximum Gasteiger partial charge on any atom is 0.574 e. The smallest absolute Gasteiger partial charge is 0.381 e. The fourth-order valence-electron chi connectivity index (χ4n) is 0.956. The summed E-state index contributed by atoms with van der Waals surface area (Å²) in [5.41, 5.74) is -1.11. The number of alkyl halides is 3. The average Bonchev–Trinajstić information content (AvgIpc) is 2.11. The van der Waals surface area contributed by atoms with Gasteiger partial charge in [-0.25, -0.2) is 13.6 Å². The number of nitrogens with two attached hydrogens (primary N) is 1. The van der Waals surface area contributed by atoms with Crippen molar-refractivity contribution in [3.8, 4) is 5.88 Å². The monoisotopic (exact) mass is 413 g/mol. The van der Waals surface area contributed by atoms with E-state index >= 15 is 0 Å². The Bertz CT molecular complexity index is 632. The highest BCUT2D eigenvalue weighted by Crippen LogP contribution is 2.35. The van der Waals surface area contributed by atoms with Crippen LogP contribution in [0.25, 0.3) is 0 Å². The quantitative estimate of drug-likeness (QED) is 0.450. The number of ether oxygens (including phenoxy) is 1. The normalized spacial score (nSPS) is 12.3. The SMILES string of the molecule is NS(=O)(=O)c1cc(I)c([N+](=O)[O-])c(OC(F)(F)F)n1. The Hall–Kier alpha value is -1.22. The lowest BCUT2D eigenvalue weighted by Gasteiger charge is -2.09. The minimum absolute atomic E-state index is 0.416. The van der Waals surface area contributed by atoms with Crippen molar-refractivity contribution in [1.82, 2.24) is 4.98 Å². The summed E-state index contributed by atoms with van der Waals surface area (Å²) in [5, 5.41) is 14.3. The Morgan fingerprint density at radius 2 is 2.00 bits per heavy atom. The van der Waals surface area contributed by atoms with Gasteiger partial charge in [0, 0.05) is 0 Å². The molecular formula is C6H3F3IN3O5S. The van der Waals surface area contributed by atoms with Gasteiger partial charge in [-0.15, -0.1) is 13.2 Å². The van der Waals surface area contributed by atoms with Crippen molar-refractivity contribution in [2.24, 2.45) is 5.14 Å². The van der Waals surface area contributed by atoms with Gasteiger partial charge in [0.25, 0.3) is 10.0 Å². The lowest BCUT2D eigenvalue weighted by atomic mass is 10.4. The third-order valence-electron chi connectivity index (χ3n) is 1.58. The van der Waals surface area contributed by atoms with Crippen molar-refractivity contribution in [3.05, 3.63) is 19.8 Å². The highest BCUT2D eigenvalue weighted by atomic mass is 127. The highest BCUT2D eigenvalue weighted by Gasteiger charge is 2.37. The van der Waals surface area contributed by atoms with Gasteiger partial charge < -0.3 is 4.74 Å². The molecule has 106 valence electrons. The molecule has 19 heavy (non-hydrogen) atoms. The summed E-state index contributed by atoms with van der Waals surface area (Å²) >= 11 is 1.27. The molecule has 8 nitrogen and oxygen atoms in total. The zero-order chi connectivity index (χ0) is 15.0. The van der Waals surface area contributed by atoms with Crippen LogP contribution in [0.1, 0.15) is 0 Å². The largest absolute Gasteiger partial charge is 0.574 e. The van der Waals surface area contributed by atoms with Crippen LogP contribution in [0, 0.1) is 13.7 Å². The van der Waals surface area contributed by atoms with Gasteiger partial charge in [0.05, 0.1) is 8.49 Å². The summed E-state index contributed by atoms with van der Waals surface area (Å²) in [6.07, 6.45) is -5.27. The molecule has 0 radical (unpaired) electrons.